The number of carbonyl (C=O) groups excluding carboxylic acids is 2. The number of nitrogens with zero attached hydrogens (tertiary/aromatic N) is 4. The molecule has 0 saturated carbocycles. The fourth-order valence-corrected chi connectivity index (χ4v) is 1.95. The summed E-state index contributed by atoms with van der Waals surface area (Å²) in [5.41, 5.74) is 0. The van der Waals surface area contributed by atoms with Crippen LogP contribution in [0, 0.1) is 12.3 Å². The summed E-state index contributed by atoms with van der Waals surface area (Å²) in [4.78, 5) is 35.0. The molecule has 22 heavy (non-hydrogen) atoms. The molecule has 0 atom stereocenters. The first-order chi connectivity index (χ1) is 10.6. The van der Waals surface area contributed by atoms with Crippen LogP contribution in [0.25, 0.3) is 0 Å². The summed E-state index contributed by atoms with van der Waals surface area (Å²) < 4.78 is 0. The van der Waals surface area contributed by atoms with E-state index in [1.807, 2.05) is 4.90 Å². The Morgan fingerprint density at radius 1 is 1.45 bits per heavy atom. The zero-order valence-corrected chi connectivity index (χ0v) is 12.4. The van der Waals surface area contributed by atoms with E-state index in [4.69, 9.17) is 6.42 Å². The fraction of sp³-hybridized carbons (Fsp3) is 0.429. The molecule has 2 rings (SSSR count). The van der Waals surface area contributed by atoms with Crippen LogP contribution in [0.4, 0.5) is 11.6 Å². The van der Waals surface area contributed by atoms with E-state index >= 15 is 0 Å². The van der Waals surface area contributed by atoms with Gasteiger partial charge < -0.3 is 20.4 Å². The zero-order chi connectivity index (χ0) is 15.9. The Labute approximate surface area is 128 Å². The number of carbonyl (C=O) groups is 2. The van der Waals surface area contributed by atoms with Gasteiger partial charge in [0.1, 0.15) is 18.0 Å². The lowest BCUT2D eigenvalue weighted by Crippen LogP contribution is -2.48. The molecular weight excluding hydrogens is 284 g/mol. The number of aromatic nitrogens is 2. The van der Waals surface area contributed by atoms with Crippen LogP contribution in [0.1, 0.15) is 0 Å². The Balaban J connectivity index is 1.94. The second-order valence-electron chi connectivity index (χ2n) is 4.83. The van der Waals surface area contributed by atoms with Crippen molar-refractivity contribution in [3.8, 4) is 12.3 Å². The number of nitrogens with one attached hydrogen (secondary N) is 2. The van der Waals surface area contributed by atoms with E-state index in [0.29, 0.717) is 24.7 Å². The highest BCUT2D eigenvalue weighted by atomic mass is 16.2. The van der Waals surface area contributed by atoms with Gasteiger partial charge in [-0.25, -0.2) is 9.97 Å². The summed E-state index contributed by atoms with van der Waals surface area (Å²) in [6, 6.07) is 1.72. The molecule has 1 saturated heterocycles. The van der Waals surface area contributed by atoms with Crippen LogP contribution in [0.3, 0.4) is 0 Å². The van der Waals surface area contributed by atoms with Gasteiger partial charge in [0.2, 0.25) is 11.8 Å². The first kappa shape index (κ1) is 15.6. The number of anilines is 2. The molecule has 2 amide bonds. The molecule has 8 heteroatoms. The highest BCUT2D eigenvalue weighted by Gasteiger charge is 2.22. The summed E-state index contributed by atoms with van der Waals surface area (Å²) in [7, 11) is 1.78. The minimum atomic E-state index is -0.215. The normalized spacial score (nSPS) is 14.5. The van der Waals surface area contributed by atoms with Crippen molar-refractivity contribution in [2.45, 2.75) is 0 Å². The quantitative estimate of drug-likeness (QED) is 0.672. The number of amides is 2. The first-order valence-electron chi connectivity index (χ1n) is 6.85. The molecule has 1 aromatic rings. The molecule has 0 aliphatic carbocycles. The highest BCUT2D eigenvalue weighted by Crippen LogP contribution is 2.16. The lowest BCUT2D eigenvalue weighted by Gasteiger charge is -2.32. The van der Waals surface area contributed by atoms with Crippen LogP contribution in [-0.4, -0.2) is 66.5 Å². The maximum atomic E-state index is 11.7. The lowest BCUT2D eigenvalue weighted by molar-refractivity contribution is -0.129. The number of piperazine rings is 1. The number of hydrogen-bond donors (Lipinski definition) is 2. The van der Waals surface area contributed by atoms with E-state index in [-0.39, 0.29) is 31.4 Å². The summed E-state index contributed by atoms with van der Waals surface area (Å²) >= 11 is 0. The Morgan fingerprint density at radius 3 is 3.00 bits per heavy atom. The van der Waals surface area contributed by atoms with Crippen molar-refractivity contribution in [3.05, 3.63) is 12.4 Å². The molecule has 2 N–H and O–H groups in total. The zero-order valence-electron chi connectivity index (χ0n) is 12.4. The van der Waals surface area contributed by atoms with E-state index in [9.17, 15) is 9.59 Å². The molecular formula is C14H18N6O2. The SMILES string of the molecule is C#CCNC(=O)CNc1cc(N2CCN(C)C(=O)C2)ncn1. The van der Waals surface area contributed by atoms with Gasteiger partial charge in [-0.1, -0.05) is 5.92 Å². The molecule has 0 radical (unpaired) electrons. The van der Waals surface area contributed by atoms with Gasteiger partial charge in [-0.3, -0.25) is 9.59 Å². The predicted molar refractivity (Wildman–Crippen MR) is 82.2 cm³/mol. The molecule has 0 unspecified atom stereocenters. The van der Waals surface area contributed by atoms with E-state index < -0.39 is 0 Å². The van der Waals surface area contributed by atoms with E-state index in [2.05, 4.69) is 26.5 Å². The molecule has 2 heterocycles. The van der Waals surface area contributed by atoms with Gasteiger partial charge in [-0.15, -0.1) is 6.42 Å². The molecule has 1 aliphatic rings. The van der Waals surface area contributed by atoms with Crippen molar-refractivity contribution in [2.24, 2.45) is 0 Å². The minimum Gasteiger partial charge on any atom is -0.361 e. The largest absolute Gasteiger partial charge is 0.361 e. The third kappa shape index (κ3) is 4.09. The van der Waals surface area contributed by atoms with Crippen molar-refractivity contribution in [1.82, 2.24) is 20.2 Å². The van der Waals surface area contributed by atoms with Gasteiger partial charge in [0, 0.05) is 26.2 Å². The van der Waals surface area contributed by atoms with Crippen LogP contribution in [0.15, 0.2) is 12.4 Å². The molecule has 0 aromatic carbocycles. The standard InChI is InChI=1S/C14H18N6O2/c1-3-4-15-13(21)8-16-11-7-12(18-10-17-11)20-6-5-19(2)14(22)9-20/h1,7,10H,4-6,8-9H2,2H3,(H,15,21)(H,16,17,18). The molecule has 1 aromatic heterocycles. The van der Waals surface area contributed by atoms with Gasteiger partial charge in [0.25, 0.3) is 0 Å². The second kappa shape index (κ2) is 7.26. The van der Waals surface area contributed by atoms with Gasteiger partial charge >= 0.3 is 0 Å². The van der Waals surface area contributed by atoms with Crippen molar-refractivity contribution in [1.29, 1.82) is 0 Å². The predicted octanol–water partition coefficient (Wildman–Crippen LogP) is -1.08. The molecule has 0 bridgehead atoms. The molecule has 0 spiro atoms. The maximum absolute atomic E-state index is 11.7. The van der Waals surface area contributed by atoms with E-state index in [1.165, 1.54) is 6.33 Å². The number of rotatable bonds is 5. The first-order valence-corrected chi connectivity index (χ1v) is 6.85. The average molecular weight is 302 g/mol. The van der Waals surface area contributed by atoms with Gasteiger partial charge in [-0.2, -0.15) is 0 Å². The molecule has 8 nitrogen and oxygen atoms in total. The minimum absolute atomic E-state index is 0.0491. The third-order valence-corrected chi connectivity index (χ3v) is 3.25. The van der Waals surface area contributed by atoms with Crippen molar-refractivity contribution in [2.75, 3.05) is 50.0 Å². The Hall–Kier alpha value is -2.82. The summed E-state index contributed by atoms with van der Waals surface area (Å²) in [5, 5.41) is 5.45. The van der Waals surface area contributed by atoms with Gasteiger partial charge in [0.15, 0.2) is 0 Å². The molecule has 1 aliphatic heterocycles. The van der Waals surface area contributed by atoms with Crippen LogP contribution >= 0.6 is 0 Å². The molecule has 1 fully saturated rings. The van der Waals surface area contributed by atoms with Crippen LogP contribution in [0.5, 0.6) is 0 Å². The van der Waals surface area contributed by atoms with Crippen LogP contribution in [0.2, 0.25) is 0 Å². The van der Waals surface area contributed by atoms with Gasteiger partial charge in [-0.05, 0) is 0 Å². The van der Waals surface area contributed by atoms with Crippen molar-refractivity contribution < 1.29 is 9.59 Å². The third-order valence-electron chi connectivity index (χ3n) is 3.25. The lowest BCUT2D eigenvalue weighted by atomic mass is 10.3. The fourth-order valence-electron chi connectivity index (χ4n) is 1.95. The summed E-state index contributed by atoms with van der Waals surface area (Å²) in [6.07, 6.45) is 6.47. The van der Waals surface area contributed by atoms with E-state index in [0.717, 1.165) is 0 Å². The number of hydrogen-bond acceptors (Lipinski definition) is 6. The van der Waals surface area contributed by atoms with Crippen LogP contribution < -0.4 is 15.5 Å². The van der Waals surface area contributed by atoms with Crippen molar-refractivity contribution >= 4 is 23.5 Å². The smallest absolute Gasteiger partial charge is 0.241 e. The average Bonchev–Trinajstić information content (AvgIpc) is 2.54. The molecule has 116 valence electrons. The summed E-state index contributed by atoms with van der Waals surface area (Å²) in [5.74, 6) is 3.34. The summed E-state index contributed by atoms with van der Waals surface area (Å²) in [6.45, 7) is 1.91. The number of terminal acetylenes is 1. The monoisotopic (exact) mass is 302 g/mol. The van der Waals surface area contributed by atoms with Gasteiger partial charge in [0.05, 0.1) is 19.6 Å². The van der Waals surface area contributed by atoms with E-state index in [1.54, 1.807) is 18.0 Å². The highest BCUT2D eigenvalue weighted by molar-refractivity contribution is 5.82. The topological polar surface area (TPSA) is 90.5 Å². The van der Waals surface area contributed by atoms with Crippen molar-refractivity contribution in [3.63, 3.8) is 0 Å². The van der Waals surface area contributed by atoms with Crippen LogP contribution in [-0.2, 0) is 9.59 Å². The second-order valence-corrected chi connectivity index (χ2v) is 4.83. The Kier molecular flexibility index (Phi) is 5.14. The Bertz CT molecular complexity index is 597. The Morgan fingerprint density at radius 2 is 2.27 bits per heavy atom. The number of likely N-dealkylation sites (N-methyl/N-ethyl adjacent to an activating group) is 1. The maximum Gasteiger partial charge on any atom is 0.241 e.